The van der Waals surface area contributed by atoms with Crippen LogP contribution in [0.1, 0.15) is 72.6 Å². The lowest BCUT2D eigenvalue weighted by atomic mass is 9.95. The van der Waals surface area contributed by atoms with Crippen LogP contribution in [0.25, 0.3) is 0 Å². The highest BCUT2D eigenvalue weighted by Gasteiger charge is 2.41. The molecule has 0 spiro atoms. The number of benzene rings is 1. The summed E-state index contributed by atoms with van der Waals surface area (Å²) in [7, 11) is 0. The Morgan fingerprint density at radius 2 is 1.84 bits per heavy atom. The molecule has 1 N–H and O–H groups in total. The summed E-state index contributed by atoms with van der Waals surface area (Å²) in [5.41, 5.74) is 6.01. The molecule has 1 saturated heterocycles. The summed E-state index contributed by atoms with van der Waals surface area (Å²) in [4.78, 5) is 6.95. The van der Waals surface area contributed by atoms with Crippen LogP contribution >= 0.6 is 12.2 Å². The molecule has 2 aromatic heterocycles. The van der Waals surface area contributed by atoms with Gasteiger partial charge < -0.3 is 14.8 Å². The third kappa shape index (κ3) is 3.87. The van der Waals surface area contributed by atoms with Crippen molar-refractivity contribution in [3.05, 3.63) is 83.4 Å². The number of thiocarbonyl (C=S) groups is 1. The molecule has 31 heavy (non-hydrogen) atoms. The average Bonchev–Trinajstić information content (AvgIpc) is 3.41. The van der Waals surface area contributed by atoms with E-state index in [4.69, 9.17) is 12.2 Å². The van der Waals surface area contributed by atoms with Crippen molar-refractivity contribution in [3.8, 4) is 0 Å². The largest absolute Gasteiger partial charge is 0.351 e. The molecule has 1 saturated carbocycles. The number of rotatable bonds is 4. The highest BCUT2D eigenvalue weighted by molar-refractivity contribution is 7.80. The molecule has 3 aromatic rings. The zero-order chi connectivity index (χ0) is 21.4. The van der Waals surface area contributed by atoms with Gasteiger partial charge in [-0.25, -0.2) is 0 Å². The van der Waals surface area contributed by atoms with E-state index in [2.05, 4.69) is 82.4 Å². The molecule has 160 valence electrons. The highest BCUT2D eigenvalue weighted by Crippen LogP contribution is 2.42. The van der Waals surface area contributed by atoms with Crippen LogP contribution in [0.4, 0.5) is 5.69 Å². The molecule has 1 aliphatic carbocycles. The topological polar surface area (TPSA) is 33.1 Å². The Balaban J connectivity index is 1.56. The van der Waals surface area contributed by atoms with Crippen LogP contribution in [0, 0.1) is 13.8 Å². The number of hydrogen-bond donors (Lipinski definition) is 1. The van der Waals surface area contributed by atoms with Crippen LogP contribution in [0.2, 0.25) is 0 Å². The Morgan fingerprint density at radius 3 is 2.58 bits per heavy atom. The molecule has 2 fully saturated rings. The molecule has 3 heterocycles. The standard InChI is InChI=1S/C26H30N4S/c1-18-11-12-22(16-19(18)2)30-25(24(28-26(30)31)23-10-6-7-14-27-23)20-13-15-29(17-20)21-8-4-3-5-9-21/h6-7,10-17,21,24-25H,3-5,8-9H2,1-2H3,(H,28,31)/t24-,25+/m0/s1. The van der Waals surface area contributed by atoms with Crippen LogP contribution in [0.5, 0.6) is 0 Å². The van der Waals surface area contributed by atoms with Crippen molar-refractivity contribution >= 4 is 23.0 Å². The number of aryl methyl sites for hydroxylation is 2. The molecular weight excluding hydrogens is 400 g/mol. The first-order valence-electron chi connectivity index (χ1n) is 11.4. The Bertz CT molecular complexity index is 1070. The van der Waals surface area contributed by atoms with E-state index in [0.29, 0.717) is 6.04 Å². The van der Waals surface area contributed by atoms with Crippen LogP contribution in [0.15, 0.2) is 61.1 Å². The monoisotopic (exact) mass is 430 g/mol. The van der Waals surface area contributed by atoms with Gasteiger partial charge >= 0.3 is 0 Å². The van der Waals surface area contributed by atoms with Crippen molar-refractivity contribution in [2.45, 2.75) is 64.1 Å². The Kier molecular flexibility index (Phi) is 5.53. The predicted octanol–water partition coefficient (Wildman–Crippen LogP) is 6.18. The number of anilines is 1. The van der Waals surface area contributed by atoms with Crippen LogP contribution in [-0.4, -0.2) is 14.7 Å². The molecule has 5 heteroatoms. The summed E-state index contributed by atoms with van der Waals surface area (Å²) in [6.07, 6.45) is 13.1. The lowest BCUT2D eigenvalue weighted by molar-refractivity contribution is 0.353. The second kappa shape index (κ2) is 8.46. The van der Waals surface area contributed by atoms with Gasteiger partial charge in [-0.05, 0) is 85.9 Å². The predicted molar refractivity (Wildman–Crippen MR) is 130 cm³/mol. The SMILES string of the molecule is Cc1ccc(N2C(=S)N[C@@H](c3ccccn3)[C@H]2c2ccn(C3CCCCC3)c2)cc1C. The van der Waals surface area contributed by atoms with E-state index in [1.165, 1.54) is 48.8 Å². The zero-order valence-corrected chi connectivity index (χ0v) is 19.1. The molecule has 4 nitrogen and oxygen atoms in total. The van der Waals surface area contributed by atoms with E-state index in [0.717, 1.165) is 16.5 Å². The van der Waals surface area contributed by atoms with E-state index >= 15 is 0 Å². The van der Waals surface area contributed by atoms with Gasteiger partial charge in [-0.15, -0.1) is 0 Å². The van der Waals surface area contributed by atoms with Gasteiger partial charge in [0.1, 0.15) is 0 Å². The number of aromatic nitrogens is 2. The van der Waals surface area contributed by atoms with Crippen LogP contribution in [0.3, 0.4) is 0 Å². The second-order valence-corrected chi connectivity index (χ2v) is 9.34. The van der Waals surface area contributed by atoms with Crippen molar-refractivity contribution in [2.75, 3.05) is 4.90 Å². The van der Waals surface area contributed by atoms with E-state index in [1.54, 1.807) is 0 Å². The summed E-state index contributed by atoms with van der Waals surface area (Å²) >= 11 is 5.86. The fourth-order valence-corrected chi connectivity index (χ4v) is 5.40. The maximum atomic E-state index is 5.86. The van der Waals surface area contributed by atoms with E-state index in [9.17, 15) is 0 Å². The van der Waals surface area contributed by atoms with Gasteiger partial charge in [0.2, 0.25) is 0 Å². The van der Waals surface area contributed by atoms with Crippen molar-refractivity contribution in [3.63, 3.8) is 0 Å². The fraction of sp³-hybridized carbons (Fsp3) is 0.385. The van der Waals surface area contributed by atoms with E-state index < -0.39 is 0 Å². The van der Waals surface area contributed by atoms with E-state index in [-0.39, 0.29) is 12.1 Å². The van der Waals surface area contributed by atoms with Crippen LogP contribution in [-0.2, 0) is 0 Å². The lowest BCUT2D eigenvalue weighted by Crippen LogP contribution is -2.29. The van der Waals surface area contributed by atoms with Gasteiger partial charge in [-0.1, -0.05) is 31.4 Å². The number of nitrogens with zero attached hydrogens (tertiary/aromatic N) is 3. The van der Waals surface area contributed by atoms with Crippen LogP contribution < -0.4 is 10.2 Å². The third-order valence-electron chi connectivity index (χ3n) is 6.94. The van der Waals surface area contributed by atoms with Crippen molar-refractivity contribution in [1.82, 2.24) is 14.9 Å². The molecule has 5 rings (SSSR count). The average molecular weight is 431 g/mol. The summed E-state index contributed by atoms with van der Waals surface area (Å²) in [6.45, 7) is 4.31. The Morgan fingerprint density at radius 1 is 1.00 bits per heavy atom. The normalized spacial score (nSPS) is 22.0. The Hall–Kier alpha value is -2.66. The summed E-state index contributed by atoms with van der Waals surface area (Å²) in [5, 5.41) is 4.33. The number of pyridine rings is 1. The van der Waals surface area contributed by atoms with Crippen molar-refractivity contribution in [2.24, 2.45) is 0 Å². The van der Waals surface area contributed by atoms with Crippen molar-refractivity contribution < 1.29 is 0 Å². The fourth-order valence-electron chi connectivity index (χ4n) is 5.06. The minimum atomic E-state index is 0.0116. The first-order valence-corrected chi connectivity index (χ1v) is 11.8. The maximum absolute atomic E-state index is 5.86. The molecule has 1 aliphatic heterocycles. The minimum Gasteiger partial charge on any atom is -0.351 e. The number of nitrogens with one attached hydrogen (secondary N) is 1. The van der Waals surface area contributed by atoms with Gasteiger partial charge in [-0.2, -0.15) is 0 Å². The molecule has 0 unspecified atom stereocenters. The van der Waals surface area contributed by atoms with Gasteiger partial charge in [0, 0.05) is 30.3 Å². The minimum absolute atomic E-state index is 0.0116. The Labute approximate surface area is 190 Å². The van der Waals surface area contributed by atoms with E-state index in [1.807, 2.05) is 12.3 Å². The zero-order valence-electron chi connectivity index (χ0n) is 18.3. The lowest BCUT2D eigenvalue weighted by Gasteiger charge is -2.28. The quantitative estimate of drug-likeness (QED) is 0.501. The summed E-state index contributed by atoms with van der Waals surface area (Å²) in [6, 6.07) is 15.7. The molecule has 0 amide bonds. The van der Waals surface area contributed by atoms with Gasteiger partial charge in [0.15, 0.2) is 5.11 Å². The third-order valence-corrected chi connectivity index (χ3v) is 7.26. The molecule has 2 aliphatic rings. The second-order valence-electron chi connectivity index (χ2n) is 8.95. The smallest absolute Gasteiger partial charge is 0.174 e. The first-order chi connectivity index (χ1) is 15.1. The maximum Gasteiger partial charge on any atom is 0.174 e. The highest BCUT2D eigenvalue weighted by atomic mass is 32.1. The molecular formula is C26H30N4S. The van der Waals surface area contributed by atoms with Crippen molar-refractivity contribution in [1.29, 1.82) is 0 Å². The molecule has 2 atom stereocenters. The summed E-state index contributed by atoms with van der Waals surface area (Å²) < 4.78 is 2.43. The molecule has 0 radical (unpaired) electrons. The first kappa shape index (κ1) is 20.3. The van der Waals surface area contributed by atoms with Gasteiger partial charge in [-0.3, -0.25) is 4.98 Å². The number of hydrogen-bond acceptors (Lipinski definition) is 2. The molecule has 1 aromatic carbocycles. The molecule has 0 bridgehead atoms. The van der Waals surface area contributed by atoms with Gasteiger partial charge in [0.05, 0.1) is 17.8 Å². The van der Waals surface area contributed by atoms with Gasteiger partial charge in [0.25, 0.3) is 0 Å². The summed E-state index contributed by atoms with van der Waals surface area (Å²) in [5.74, 6) is 0.